The Hall–Kier alpha value is -2.17. The Labute approximate surface area is 99.8 Å². The van der Waals surface area contributed by atoms with E-state index in [1.807, 2.05) is 18.2 Å². The summed E-state index contributed by atoms with van der Waals surface area (Å²) in [6.45, 7) is 2.39. The van der Waals surface area contributed by atoms with Crippen LogP contribution in [0.25, 0.3) is 11.3 Å². The van der Waals surface area contributed by atoms with E-state index in [0.717, 1.165) is 23.4 Å². The molecule has 2 aromatic heterocycles. The molecule has 5 nitrogen and oxygen atoms in total. The highest BCUT2D eigenvalue weighted by atomic mass is 15.3. The van der Waals surface area contributed by atoms with Crippen LogP contribution in [0.4, 0.5) is 0 Å². The maximum absolute atomic E-state index is 7.32. The summed E-state index contributed by atoms with van der Waals surface area (Å²) < 4.78 is 1.77. The van der Waals surface area contributed by atoms with E-state index in [1.165, 1.54) is 0 Å². The lowest BCUT2D eigenvalue weighted by Crippen LogP contribution is -2.20. The van der Waals surface area contributed by atoms with Crippen LogP contribution >= 0.6 is 0 Å². The van der Waals surface area contributed by atoms with Gasteiger partial charge in [0.1, 0.15) is 5.84 Å². The smallest absolute Gasteiger partial charge is 0.113 e. The molecule has 2 heterocycles. The molecule has 0 fully saturated rings. The molecule has 0 amide bonds. The van der Waals surface area contributed by atoms with E-state index in [9.17, 15) is 0 Å². The van der Waals surface area contributed by atoms with Gasteiger partial charge in [-0.1, -0.05) is 6.92 Å². The highest BCUT2D eigenvalue weighted by Crippen LogP contribution is 2.18. The Morgan fingerprint density at radius 1 is 1.53 bits per heavy atom. The van der Waals surface area contributed by atoms with E-state index in [4.69, 9.17) is 11.1 Å². The fourth-order valence-electron chi connectivity index (χ4n) is 1.69. The second kappa shape index (κ2) is 4.78. The van der Waals surface area contributed by atoms with Crippen molar-refractivity contribution in [3.05, 3.63) is 36.3 Å². The number of hydrogen-bond donors (Lipinski definition) is 2. The molecule has 88 valence electrons. The average Bonchev–Trinajstić information content (AvgIpc) is 2.72. The van der Waals surface area contributed by atoms with Gasteiger partial charge < -0.3 is 5.73 Å². The molecule has 0 spiro atoms. The zero-order chi connectivity index (χ0) is 12.3. The number of nitrogens with one attached hydrogen (secondary N) is 1. The normalized spacial score (nSPS) is 10.4. The van der Waals surface area contributed by atoms with Crippen LogP contribution in [0.15, 0.2) is 30.6 Å². The van der Waals surface area contributed by atoms with Crippen molar-refractivity contribution in [1.29, 1.82) is 5.41 Å². The van der Waals surface area contributed by atoms with Crippen molar-refractivity contribution in [3.8, 4) is 11.3 Å². The molecule has 17 heavy (non-hydrogen) atoms. The van der Waals surface area contributed by atoms with Gasteiger partial charge in [0.2, 0.25) is 0 Å². The zero-order valence-corrected chi connectivity index (χ0v) is 9.72. The lowest BCUT2D eigenvalue weighted by molar-refractivity contribution is 0.678. The van der Waals surface area contributed by atoms with Gasteiger partial charge in [-0.15, -0.1) is 0 Å². The summed E-state index contributed by atoms with van der Waals surface area (Å²) in [7, 11) is 0. The van der Waals surface area contributed by atoms with Crippen LogP contribution in [-0.4, -0.2) is 20.6 Å². The predicted molar refractivity (Wildman–Crippen MR) is 66.8 cm³/mol. The van der Waals surface area contributed by atoms with Crippen molar-refractivity contribution in [2.75, 3.05) is 0 Å². The minimum Gasteiger partial charge on any atom is -0.386 e. The molecule has 0 aromatic carbocycles. The fourth-order valence-corrected chi connectivity index (χ4v) is 1.69. The second-order valence-corrected chi connectivity index (χ2v) is 3.80. The first-order chi connectivity index (χ1) is 8.20. The van der Waals surface area contributed by atoms with Gasteiger partial charge in [-0.25, -0.2) is 0 Å². The van der Waals surface area contributed by atoms with Crippen LogP contribution in [0.3, 0.4) is 0 Å². The van der Waals surface area contributed by atoms with Crippen LogP contribution in [0, 0.1) is 5.41 Å². The van der Waals surface area contributed by atoms with Gasteiger partial charge in [0.05, 0.1) is 12.2 Å². The molecule has 0 aliphatic rings. The Morgan fingerprint density at radius 2 is 2.35 bits per heavy atom. The van der Waals surface area contributed by atoms with Crippen molar-refractivity contribution in [2.24, 2.45) is 5.73 Å². The fraction of sp³-hybridized carbons (Fsp3) is 0.250. The third-order valence-electron chi connectivity index (χ3n) is 2.50. The Morgan fingerprint density at radius 3 is 2.94 bits per heavy atom. The SMILES string of the molecule is CCc1cc(-c2cccnc2)nn1CC(=N)N. The molecule has 0 saturated heterocycles. The van der Waals surface area contributed by atoms with Gasteiger partial charge in [-0.3, -0.25) is 15.1 Å². The van der Waals surface area contributed by atoms with Crippen molar-refractivity contribution >= 4 is 5.84 Å². The topological polar surface area (TPSA) is 80.6 Å². The number of nitrogens with two attached hydrogens (primary N) is 1. The molecule has 3 N–H and O–H groups in total. The molecular formula is C12H15N5. The molecule has 0 aliphatic carbocycles. The molecule has 0 bridgehead atoms. The summed E-state index contributed by atoms with van der Waals surface area (Å²) in [5, 5.41) is 11.8. The first-order valence-electron chi connectivity index (χ1n) is 5.50. The minimum atomic E-state index is 0.112. The van der Waals surface area contributed by atoms with Crippen LogP contribution in [0.2, 0.25) is 0 Å². The Balaban J connectivity index is 2.37. The first kappa shape index (κ1) is 11.3. The van der Waals surface area contributed by atoms with Gasteiger partial charge >= 0.3 is 0 Å². The van der Waals surface area contributed by atoms with E-state index in [1.54, 1.807) is 17.1 Å². The quantitative estimate of drug-likeness (QED) is 0.615. The van der Waals surface area contributed by atoms with Gasteiger partial charge in [0.25, 0.3) is 0 Å². The van der Waals surface area contributed by atoms with E-state index in [-0.39, 0.29) is 5.84 Å². The third kappa shape index (κ3) is 2.50. The molecular weight excluding hydrogens is 214 g/mol. The lowest BCUT2D eigenvalue weighted by Gasteiger charge is -2.03. The average molecular weight is 229 g/mol. The maximum atomic E-state index is 7.32. The molecule has 5 heteroatoms. The number of hydrogen-bond acceptors (Lipinski definition) is 3. The Bertz CT molecular complexity index is 515. The van der Waals surface area contributed by atoms with E-state index in [0.29, 0.717) is 6.54 Å². The summed E-state index contributed by atoms with van der Waals surface area (Å²) in [6.07, 6.45) is 4.37. The summed E-state index contributed by atoms with van der Waals surface area (Å²) in [6, 6.07) is 5.86. The van der Waals surface area contributed by atoms with Gasteiger partial charge in [0.15, 0.2) is 0 Å². The number of rotatable bonds is 4. The van der Waals surface area contributed by atoms with Gasteiger partial charge in [-0.2, -0.15) is 5.10 Å². The van der Waals surface area contributed by atoms with Crippen LogP contribution in [0.1, 0.15) is 12.6 Å². The molecule has 0 aliphatic heterocycles. The number of aromatic nitrogens is 3. The molecule has 0 atom stereocenters. The molecule has 0 radical (unpaired) electrons. The standard InChI is InChI=1S/C12H15N5/c1-2-10-6-11(9-4-3-5-15-7-9)16-17(10)8-12(13)14/h3-7H,2,8H2,1H3,(H3,13,14). The van der Waals surface area contributed by atoms with Crippen LogP contribution in [0.5, 0.6) is 0 Å². The summed E-state index contributed by atoms with van der Waals surface area (Å²) in [5.74, 6) is 0.112. The van der Waals surface area contributed by atoms with Crippen LogP contribution < -0.4 is 5.73 Å². The zero-order valence-electron chi connectivity index (χ0n) is 9.72. The van der Waals surface area contributed by atoms with E-state index < -0.39 is 0 Å². The minimum absolute atomic E-state index is 0.112. The summed E-state index contributed by atoms with van der Waals surface area (Å²) in [5.41, 5.74) is 8.32. The molecule has 0 unspecified atom stereocenters. The van der Waals surface area contributed by atoms with Crippen molar-refractivity contribution in [1.82, 2.24) is 14.8 Å². The van der Waals surface area contributed by atoms with E-state index in [2.05, 4.69) is 17.0 Å². The number of amidine groups is 1. The number of nitrogens with zero attached hydrogens (tertiary/aromatic N) is 3. The maximum Gasteiger partial charge on any atom is 0.113 e. The summed E-state index contributed by atoms with van der Waals surface area (Å²) in [4.78, 5) is 4.07. The van der Waals surface area contributed by atoms with Crippen molar-refractivity contribution in [3.63, 3.8) is 0 Å². The second-order valence-electron chi connectivity index (χ2n) is 3.80. The highest BCUT2D eigenvalue weighted by molar-refractivity contribution is 5.76. The highest BCUT2D eigenvalue weighted by Gasteiger charge is 2.08. The third-order valence-corrected chi connectivity index (χ3v) is 2.50. The number of aryl methyl sites for hydroxylation is 1. The molecule has 0 saturated carbocycles. The van der Waals surface area contributed by atoms with E-state index >= 15 is 0 Å². The monoisotopic (exact) mass is 229 g/mol. The van der Waals surface area contributed by atoms with Crippen molar-refractivity contribution < 1.29 is 0 Å². The predicted octanol–water partition coefficient (Wildman–Crippen LogP) is 1.44. The van der Waals surface area contributed by atoms with Crippen LogP contribution in [-0.2, 0) is 13.0 Å². The molecule has 2 rings (SSSR count). The van der Waals surface area contributed by atoms with Crippen molar-refractivity contribution in [2.45, 2.75) is 19.9 Å². The largest absolute Gasteiger partial charge is 0.386 e. The number of pyridine rings is 1. The summed E-state index contributed by atoms with van der Waals surface area (Å²) >= 11 is 0. The van der Waals surface area contributed by atoms with Gasteiger partial charge in [-0.05, 0) is 24.6 Å². The lowest BCUT2D eigenvalue weighted by atomic mass is 10.2. The van der Waals surface area contributed by atoms with Gasteiger partial charge in [0, 0.05) is 23.7 Å². The first-order valence-corrected chi connectivity index (χ1v) is 5.50. The Kier molecular flexibility index (Phi) is 3.18. The molecule has 2 aromatic rings.